The third-order valence-electron chi connectivity index (χ3n) is 5.46. The molecule has 1 unspecified atom stereocenters. The van der Waals surface area contributed by atoms with Crippen molar-refractivity contribution in [1.29, 1.82) is 0 Å². The Labute approximate surface area is 166 Å². The molecule has 154 valence electrons. The Kier molecular flexibility index (Phi) is 5.23. The number of ether oxygens (including phenoxy) is 3. The van der Waals surface area contributed by atoms with Gasteiger partial charge < -0.3 is 24.8 Å². The number of nitrogens with two attached hydrogens (primary N) is 1. The van der Waals surface area contributed by atoms with Gasteiger partial charge in [-0.15, -0.1) is 0 Å². The zero-order valence-electron chi connectivity index (χ0n) is 16.0. The van der Waals surface area contributed by atoms with E-state index < -0.39 is 29.9 Å². The van der Waals surface area contributed by atoms with Gasteiger partial charge >= 0.3 is 0 Å². The summed E-state index contributed by atoms with van der Waals surface area (Å²) >= 11 is 0. The second-order valence-corrected chi connectivity index (χ2v) is 7.10. The molecule has 29 heavy (non-hydrogen) atoms. The van der Waals surface area contributed by atoms with Crippen LogP contribution in [-0.4, -0.2) is 60.5 Å². The molecule has 9 heteroatoms. The van der Waals surface area contributed by atoms with Crippen LogP contribution in [0, 0.1) is 5.92 Å². The van der Waals surface area contributed by atoms with E-state index in [1.165, 1.54) is 4.90 Å². The molecular formula is C20H22FN3O5. The van der Waals surface area contributed by atoms with E-state index >= 15 is 0 Å². The highest BCUT2D eigenvalue weighted by atomic mass is 19.1. The highest BCUT2D eigenvalue weighted by molar-refractivity contribution is 6.01. The molecule has 2 bridgehead atoms. The molecule has 4 rings (SSSR count). The number of primary amides is 1. The topological polar surface area (TPSA) is 104 Å². The monoisotopic (exact) mass is 403 g/mol. The molecule has 2 aromatic rings. The zero-order valence-corrected chi connectivity index (χ0v) is 16.0. The number of halogens is 1. The maximum absolute atomic E-state index is 14.5. The molecule has 0 radical (unpaired) electrons. The van der Waals surface area contributed by atoms with E-state index in [2.05, 4.69) is 4.98 Å². The van der Waals surface area contributed by atoms with Gasteiger partial charge in [0.25, 0.3) is 11.8 Å². The minimum absolute atomic E-state index is 0.0645. The van der Waals surface area contributed by atoms with Crippen molar-refractivity contribution < 1.29 is 28.2 Å². The molecule has 2 aliphatic heterocycles. The van der Waals surface area contributed by atoms with Crippen molar-refractivity contribution in [1.82, 2.24) is 9.88 Å². The first-order chi connectivity index (χ1) is 14.0. The molecule has 0 aliphatic carbocycles. The second-order valence-electron chi connectivity index (χ2n) is 7.10. The first-order valence-corrected chi connectivity index (χ1v) is 9.51. The Morgan fingerprint density at radius 1 is 1.34 bits per heavy atom. The van der Waals surface area contributed by atoms with Crippen LogP contribution in [-0.2, 0) is 9.53 Å². The van der Waals surface area contributed by atoms with Gasteiger partial charge in [-0.2, -0.15) is 0 Å². The molecule has 1 saturated heterocycles. The van der Waals surface area contributed by atoms with Gasteiger partial charge in [0, 0.05) is 17.5 Å². The van der Waals surface area contributed by atoms with Crippen LogP contribution in [0.1, 0.15) is 23.7 Å². The number of alkyl halides is 1. The van der Waals surface area contributed by atoms with Crippen LogP contribution in [0.4, 0.5) is 4.39 Å². The van der Waals surface area contributed by atoms with Crippen molar-refractivity contribution in [2.45, 2.75) is 25.6 Å². The van der Waals surface area contributed by atoms with Gasteiger partial charge in [-0.3, -0.25) is 9.59 Å². The molecule has 0 saturated carbocycles. The molecule has 1 fully saturated rings. The highest BCUT2D eigenvalue weighted by Crippen LogP contribution is 2.34. The van der Waals surface area contributed by atoms with Crippen LogP contribution in [0.25, 0.3) is 10.8 Å². The molecule has 2 N–H and O–H groups in total. The summed E-state index contributed by atoms with van der Waals surface area (Å²) in [4.78, 5) is 29.9. The Hall–Kier alpha value is -2.94. The maximum atomic E-state index is 14.5. The predicted octanol–water partition coefficient (Wildman–Crippen LogP) is 1.65. The quantitative estimate of drug-likeness (QED) is 0.818. The van der Waals surface area contributed by atoms with Crippen LogP contribution in [0.5, 0.6) is 11.6 Å². The molecule has 8 nitrogen and oxygen atoms in total. The number of fused-ring (bicyclic) bond motifs is 2. The van der Waals surface area contributed by atoms with Crippen molar-refractivity contribution in [3.05, 3.63) is 30.0 Å². The number of benzene rings is 1. The summed E-state index contributed by atoms with van der Waals surface area (Å²) in [6.07, 6.45) is 0.471. The van der Waals surface area contributed by atoms with Gasteiger partial charge in [0.05, 0.1) is 18.2 Å². The van der Waals surface area contributed by atoms with E-state index in [0.29, 0.717) is 28.8 Å². The number of carbonyl (C=O) groups excluding carboxylic acids is 2. The fraction of sp³-hybridized carbons (Fsp3) is 0.450. The molecule has 1 aromatic carbocycles. The number of rotatable bonds is 2. The lowest BCUT2D eigenvalue weighted by Crippen LogP contribution is -2.41. The van der Waals surface area contributed by atoms with E-state index in [-0.39, 0.29) is 32.1 Å². The maximum Gasteiger partial charge on any atom is 0.259 e. The minimum atomic E-state index is -1.58. The lowest BCUT2D eigenvalue weighted by molar-refractivity contribution is -0.138. The number of hydrogen-bond acceptors (Lipinski definition) is 6. The third kappa shape index (κ3) is 3.46. The van der Waals surface area contributed by atoms with E-state index in [0.717, 1.165) is 0 Å². The number of carbonyl (C=O) groups is 2. The Morgan fingerprint density at radius 3 is 2.93 bits per heavy atom. The van der Waals surface area contributed by atoms with Crippen molar-refractivity contribution in [3.63, 3.8) is 0 Å². The van der Waals surface area contributed by atoms with Crippen LogP contribution in [0.2, 0.25) is 0 Å². The normalized spacial score (nSPS) is 24.8. The Morgan fingerprint density at radius 2 is 2.17 bits per heavy atom. The Bertz CT molecular complexity index is 953. The molecule has 2 amide bonds. The predicted molar refractivity (Wildman–Crippen MR) is 101 cm³/mol. The summed E-state index contributed by atoms with van der Waals surface area (Å²) in [6.45, 7) is 2.14. The van der Waals surface area contributed by atoms with Crippen molar-refractivity contribution in [2.75, 3.05) is 26.6 Å². The number of nitrogens with zero attached hydrogens (tertiary/aromatic N) is 2. The first kappa shape index (κ1) is 19.4. The van der Waals surface area contributed by atoms with Gasteiger partial charge in [-0.25, -0.2) is 9.37 Å². The molecule has 3 heterocycles. The summed E-state index contributed by atoms with van der Waals surface area (Å²) in [5, 5.41) is 1.34. The van der Waals surface area contributed by atoms with Crippen LogP contribution in [0.15, 0.2) is 24.4 Å². The summed E-state index contributed by atoms with van der Waals surface area (Å²) in [7, 11) is 0. The highest BCUT2D eigenvalue weighted by Gasteiger charge is 2.48. The lowest BCUT2D eigenvalue weighted by atomic mass is 9.96. The SMILES string of the molecule is CCC1[C@H](F)C(=O)N2COCCOc3cc4c(nccc4cc3C(N)=O)OC[C@H]12. The van der Waals surface area contributed by atoms with E-state index in [4.69, 9.17) is 19.9 Å². The molecule has 1 aromatic heterocycles. The van der Waals surface area contributed by atoms with Gasteiger partial charge in [-0.05, 0) is 30.0 Å². The molecular weight excluding hydrogens is 381 g/mol. The standard InChI is InChI=1S/C20H22FN3O5/c1-2-12-15-9-29-19-13-8-16(14(18(22)25)7-11(13)3-4-23-19)28-6-5-27-10-24(15)20(26)17(12)21/h3-4,7-8,12,15,17H,2,5-6,9-10H2,1H3,(H2,22,25)/t12?,15-,17+/m1/s1. The summed E-state index contributed by atoms with van der Waals surface area (Å²) in [5.41, 5.74) is 5.73. The number of pyridine rings is 1. The molecule has 3 atom stereocenters. The van der Waals surface area contributed by atoms with Crippen LogP contribution >= 0.6 is 0 Å². The average molecular weight is 403 g/mol. The first-order valence-electron chi connectivity index (χ1n) is 9.51. The lowest BCUT2D eigenvalue weighted by Gasteiger charge is -2.27. The van der Waals surface area contributed by atoms with Gasteiger partial charge in [0.2, 0.25) is 5.88 Å². The fourth-order valence-corrected chi connectivity index (χ4v) is 3.92. The number of hydrogen-bond donors (Lipinski definition) is 1. The van der Waals surface area contributed by atoms with Crippen LogP contribution in [0.3, 0.4) is 0 Å². The van der Waals surface area contributed by atoms with E-state index in [9.17, 15) is 14.0 Å². The van der Waals surface area contributed by atoms with E-state index in [1.807, 2.05) is 6.92 Å². The number of aromatic nitrogens is 1. The summed E-state index contributed by atoms with van der Waals surface area (Å²) in [6, 6.07) is 4.55. The number of amides is 2. The largest absolute Gasteiger partial charge is 0.490 e. The van der Waals surface area contributed by atoms with Crippen molar-refractivity contribution >= 4 is 22.6 Å². The van der Waals surface area contributed by atoms with Gasteiger partial charge in [-0.1, -0.05) is 6.92 Å². The third-order valence-corrected chi connectivity index (χ3v) is 5.46. The summed E-state index contributed by atoms with van der Waals surface area (Å²) < 4.78 is 31.7. The van der Waals surface area contributed by atoms with Crippen molar-refractivity contribution in [2.24, 2.45) is 11.7 Å². The minimum Gasteiger partial charge on any atom is -0.490 e. The smallest absolute Gasteiger partial charge is 0.259 e. The molecule has 0 spiro atoms. The van der Waals surface area contributed by atoms with Crippen LogP contribution < -0.4 is 15.2 Å². The van der Waals surface area contributed by atoms with Gasteiger partial charge in [0.15, 0.2) is 6.17 Å². The second kappa shape index (κ2) is 7.82. The summed E-state index contributed by atoms with van der Waals surface area (Å²) in [5.74, 6) is -1.08. The molecule has 2 aliphatic rings. The van der Waals surface area contributed by atoms with Crippen molar-refractivity contribution in [3.8, 4) is 11.6 Å². The fourth-order valence-electron chi connectivity index (χ4n) is 3.92. The van der Waals surface area contributed by atoms with E-state index in [1.54, 1.807) is 24.4 Å². The zero-order chi connectivity index (χ0) is 20.5. The van der Waals surface area contributed by atoms with Gasteiger partial charge in [0.1, 0.15) is 25.7 Å². The average Bonchev–Trinajstić information content (AvgIpc) is 2.95. The Balaban J connectivity index is 1.74.